The van der Waals surface area contributed by atoms with Crippen LogP contribution in [0.25, 0.3) is 0 Å². The number of pyridine rings is 1. The third-order valence-corrected chi connectivity index (χ3v) is 4.58. The highest BCUT2D eigenvalue weighted by molar-refractivity contribution is 5.50. The second-order valence-corrected chi connectivity index (χ2v) is 6.08. The molecular formula is C15H20F3N3. The minimum absolute atomic E-state index is 0.272. The number of fused-ring (bicyclic) bond motifs is 2. The standard InChI is InChI=1S/C15H20F3N3/c1-2-19-13-7-11(15(16,17)18)8-14(21-13)20-12-6-9-3-4-10(12)5-9/h7-10,12H,2-6H2,1H3,(H2,19,20,21). The van der Waals surface area contributed by atoms with E-state index in [1.165, 1.54) is 19.3 Å². The number of nitrogens with one attached hydrogen (secondary N) is 2. The molecule has 21 heavy (non-hydrogen) atoms. The van der Waals surface area contributed by atoms with Gasteiger partial charge in [-0.1, -0.05) is 6.42 Å². The molecule has 2 saturated carbocycles. The number of nitrogens with zero attached hydrogens (tertiary/aromatic N) is 1. The summed E-state index contributed by atoms with van der Waals surface area (Å²) in [6.07, 6.45) is 0.358. The van der Waals surface area contributed by atoms with Crippen molar-refractivity contribution < 1.29 is 13.2 Å². The summed E-state index contributed by atoms with van der Waals surface area (Å²) < 4.78 is 38.9. The maximum Gasteiger partial charge on any atom is 0.416 e. The lowest BCUT2D eigenvalue weighted by atomic mass is 9.95. The number of anilines is 2. The Morgan fingerprint density at radius 2 is 1.95 bits per heavy atom. The average molecular weight is 299 g/mol. The van der Waals surface area contributed by atoms with Crippen molar-refractivity contribution in [1.82, 2.24) is 4.98 Å². The van der Waals surface area contributed by atoms with Gasteiger partial charge in [0.05, 0.1) is 5.56 Å². The highest BCUT2D eigenvalue weighted by Crippen LogP contribution is 2.45. The maximum absolute atomic E-state index is 13.0. The second kappa shape index (κ2) is 5.39. The Labute approximate surface area is 122 Å². The van der Waals surface area contributed by atoms with Crippen LogP contribution in [-0.4, -0.2) is 17.6 Å². The fourth-order valence-corrected chi connectivity index (χ4v) is 3.65. The Balaban J connectivity index is 1.81. The molecule has 116 valence electrons. The maximum atomic E-state index is 13.0. The molecule has 0 radical (unpaired) electrons. The zero-order chi connectivity index (χ0) is 15.0. The van der Waals surface area contributed by atoms with Gasteiger partial charge in [-0.15, -0.1) is 0 Å². The molecule has 0 amide bonds. The lowest BCUT2D eigenvalue weighted by Gasteiger charge is -2.24. The molecule has 3 atom stereocenters. The fourth-order valence-electron chi connectivity index (χ4n) is 3.65. The van der Waals surface area contributed by atoms with Gasteiger partial charge in [-0.25, -0.2) is 4.98 Å². The number of rotatable bonds is 4. The minimum atomic E-state index is -4.35. The highest BCUT2D eigenvalue weighted by atomic mass is 19.4. The number of aromatic nitrogens is 1. The summed E-state index contributed by atoms with van der Waals surface area (Å²) in [7, 11) is 0. The number of halogens is 3. The van der Waals surface area contributed by atoms with Crippen molar-refractivity contribution in [3.63, 3.8) is 0 Å². The minimum Gasteiger partial charge on any atom is -0.370 e. The van der Waals surface area contributed by atoms with E-state index in [0.717, 1.165) is 24.5 Å². The predicted octanol–water partition coefficient (Wildman–Crippen LogP) is 4.13. The summed E-state index contributed by atoms with van der Waals surface area (Å²) in [6, 6.07) is 2.46. The summed E-state index contributed by atoms with van der Waals surface area (Å²) in [5.41, 5.74) is -0.654. The Kier molecular flexibility index (Phi) is 3.71. The molecule has 2 bridgehead atoms. The molecule has 2 fully saturated rings. The van der Waals surface area contributed by atoms with Crippen LogP contribution in [0.5, 0.6) is 0 Å². The normalized spacial score (nSPS) is 27.9. The Morgan fingerprint density at radius 3 is 2.52 bits per heavy atom. The van der Waals surface area contributed by atoms with Crippen LogP contribution in [0.2, 0.25) is 0 Å². The lowest BCUT2D eigenvalue weighted by molar-refractivity contribution is -0.137. The monoisotopic (exact) mass is 299 g/mol. The van der Waals surface area contributed by atoms with E-state index >= 15 is 0 Å². The van der Waals surface area contributed by atoms with Gasteiger partial charge < -0.3 is 10.6 Å². The van der Waals surface area contributed by atoms with E-state index in [-0.39, 0.29) is 11.9 Å². The van der Waals surface area contributed by atoms with Crippen molar-refractivity contribution in [2.24, 2.45) is 11.8 Å². The molecule has 0 saturated heterocycles. The van der Waals surface area contributed by atoms with Crippen LogP contribution in [0, 0.1) is 11.8 Å². The molecule has 0 aliphatic heterocycles. The van der Waals surface area contributed by atoms with Gasteiger partial charge in [0.1, 0.15) is 11.6 Å². The predicted molar refractivity (Wildman–Crippen MR) is 76.3 cm³/mol. The van der Waals surface area contributed by atoms with E-state index in [2.05, 4.69) is 15.6 Å². The molecule has 0 aromatic carbocycles. The summed E-state index contributed by atoms with van der Waals surface area (Å²) in [6.45, 7) is 2.38. The van der Waals surface area contributed by atoms with Crippen LogP contribution in [-0.2, 0) is 6.18 Å². The van der Waals surface area contributed by atoms with Gasteiger partial charge in [0.25, 0.3) is 0 Å². The number of hydrogen-bond acceptors (Lipinski definition) is 3. The first kappa shape index (κ1) is 14.5. The van der Waals surface area contributed by atoms with E-state index in [0.29, 0.717) is 18.3 Å². The highest BCUT2D eigenvalue weighted by Gasteiger charge is 2.40. The van der Waals surface area contributed by atoms with Crippen LogP contribution < -0.4 is 10.6 Å². The van der Waals surface area contributed by atoms with Crippen LogP contribution >= 0.6 is 0 Å². The van der Waals surface area contributed by atoms with Gasteiger partial charge in [0, 0.05) is 12.6 Å². The van der Waals surface area contributed by atoms with Crippen molar-refractivity contribution >= 4 is 11.6 Å². The Bertz CT molecular complexity index is 515. The summed E-state index contributed by atoms with van der Waals surface area (Å²) in [5, 5.41) is 6.10. The van der Waals surface area contributed by atoms with Crippen LogP contribution in [0.3, 0.4) is 0 Å². The van der Waals surface area contributed by atoms with Gasteiger partial charge >= 0.3 is 6.18 Å². The molecule has 1 heterocycles. The molecular weight excluding hydrogens is 279 g/mol. The second-order valence-electron chi connectivity index (χ2n) is 6.08. The summed E-state index contributed by atoms with van der Waals surface area (Å²) >= 11 is 0. The fraction of sp³-hybridized carbons (Fsp3) is 0.667. The van der Waals surface area contributed by atoms with Crippen LogP contribution in [0.4, 0.5) is 24.8 Å². The molecule has 3 nitrogen and oxygen atoms in total. The first-order valence-electron chi connectivity index (χ1n) is 7.55. The Hall–Kier alpha value is -1.46. The number of hydrogen-bond donors (Lipinski definition) is 2. The third kappa shape index (κ3) is 3.09. The molecule has 2 aliphatic rings. The van der Waals surface area contributed by atoms with E-state index in [1.54, 1.807) is 0 Å². The molecule has 3 unspecified atom stereocenters. The smallest absolute Gasteiger partial charge is 0.370 e. The molecule has 1 aromatic rings. The Morgan fingerprint density at radius 1 is 1.19 bits per heavy atom. The first-order chi connectivity index (χ1) is 9.95. The van der Waals surface area contributed by atoms with Crippen molar-refractivity contribution in [3.05, 3.63) is 17.7 Å². The number of alkyl halides is 3. The lowest BCUT2D eigenvalue weighted by Crippen LogP contribution is -2.26. The zero-order valence-electron chi connectivity index (χ0n) is 12.0. The molecule has 0 spiro atoms. The zero-order valence-corrected chi connectivity index (χ0v) is 12.0. The molecule has 3 rings (SSSR count). The SMILES string of the molecule is CCNc1cc(C(F)(F)F)cc(NC2CC3CCC2C3)n1. The van der Waals surface area contributed by atoms with Gasteiger partial charge in [0.2, 0.25) is 0 Å². The quantitative estimate of drug-likeness (QED) is 0.877. The van der Waals surface area contributed by atoms with Gasteiger partial charge in [-0.3, -0.25) is 0 Å². The van der Waals surface area contributed by atoms with Crippen molar-refractivity contribution in [2.45, 2.75) is 44.8 Å². The van der Waals surface area contributed by atoms with Crippen LogP contribution in [0.15, 0.2) is 12.1 Å². The van der Waals surface area contributed by atoms with E-state index < -0.39 is 11.7 Å². The van der Waals surface area contributed by atoms with Crippen molar-refractivity contribution in [1.29, 1.82) is 0 Å². The summed E-state index contributed by atoms with van der Waals surface area (Å²) in [5.74, 6) is 1.94. The topological polar surface area (TPSA) is 37.0 Å². The average Bonchev–Trinajstić information content (AvgIpc) is 3.00. The molecule has 2 aliphatic carbocycles. The van der Waals surface area contributed by atoms with E-state index in [4.69, 9.17) is 0 Å². The molecule has 1 aromatic heterocycles. The third-order valence-electron chi connectivity index (χ3n) is 4.58. The van der Waals surface area contributed by atoms with E-state index in [9.17, 15) is 13.2 Å². The van der Waals surface area contributed by atoms with Crippen LogP contribution in [0.1, 0.15) is 38.2 Å². The van der Waals surface area contributed by atoms with Gasteiger partial charge in [-0.05, 0) is 50.2 Å². The summed E-state index contributed by atoms with van der Waals surface area (Å²) in [4.78, 5) is 4.26. The first-order valence-corrected chi connectivity index (χ1v) is 7.55. The van der Waals surface area contributed by atoms with Crippen molar-refractivity contribution in [2.75, 3.05) is 17.2 Å². The van der Waals surface area contributed by atoms with Crippen molar-refractivity contribution in [3.8, 4) is 0 Å². The largest absolute Gasteiger partial charge is 0.416 e. The molecule has 6 heteroatoms. The van der Waals surface area contributed by atoms with Gasteiger partial charge in [-0.2, -0.15) is 13.2 Å². The molecule has 2 N–H and O–H groups in total. The van der Waals surface area contributed by atoms with Gasteiger partial charge in [0.15, 0.2) is 0 Å². The van der Waals surface area contributed by atoms with E-state index in [1.807, 2.05) is 6.92 Å².